The standard InChI is InChI=1S/C16H18F3N3/c1-10(11-6-3-2-4-7-11)22-13-9-5-8-12(20)14(13)15(21-22)16(17,18)19/h2-4,6-7,10,12H,5,8-9,20H2,1H3. The molecule has 1 aromatic carbocycles. The molecule has 22 heavy (non-hydrogen) atoms. The number of fused-ring (bicyclic) bond motifs is 1. The molecule has 118 valence electrons. The molecule has 0 bridgehead atoms. The molecule has 1 aromatic heterocycles. The Labute approximate surface area is 126 Å². The van der Waals surface area contributed by atoms with Gasteiger partial charge in [0, 0.05) is 17.3 Å². The van der Waals surface area contributed by atoms with Gasteiger partial charge in [0.2, 0.25) is 0 Å². The van der Waals surface area contributed by atoms with Crippen molar-refractivity contribution in [2.75, 3.05) is 0 Å². The molecule has 2 unspecified atom stereocenters. The quantitative estimate of drug-likeness (QED) is 0.916. The third kappa shape index (κ3) is 2.52. The summed E-state index contributed by atoms with van der Waals surface area (Å²) in [6.45, 7) is 1.86. The summed E-state index contributed by atoms with van der Waals surface area (Å²) in [4.78, 5) is 0. The topological polar surface area (TPSA) is 43.8 Å². The summed E-state index contributed by atoms with van der Waals surface area (Å²) >= 11 is 0. The van der Waals surface area contributed by atoms with Crippen LogP contribution in [0.2, 0.25) is 0 Å². The van der Waals surface area contributed by atoms with Gasteiger partial charge in [0.25, 0.3) is 0 Å². The third-order valence-corrected chi connectivity index (χ3v) is 4.27. The first-order chi connectivity index (χ1) is 10.4. The Morgan fingerprint density at radius 2 is 1.95 bits per heavy atom. The first kappa shape index (κ1) is 15.1. The zero-order valence-corrected chi connectivity index (χ0v) is 12.3. The van der Waals surface area contributed by atoms with Crippen LogP contribution >= 0.6 is 0 Å². The number of benzene rings is 1. The SMILES string of the molecule is CC(c1ccccc1)n1nc(C(F)(F)F)c2c1CCCC2N. The van der Waals surface area contributed by atoms with Gasteiger partial charge in [-0.2, -0.15) is 18.3 Å². The van der Waals surface area contributed by atoms with Gasteiger partial charge >= 0.3 is 6.18 Å². The van der Waals surface area contributed by atoms with Crippen LogP contribution in [0.1, 0.15) is 54.4 Å². The minimum atomic E-state index is -4.47. The number of hydrogen-bond acceptors (Lipinski definition) is 2. The monoisotopic (exact) mass is 309 g/mol. The van der Waals surface area contributed by atoms with Gasteiger partial charge in [0.1, 0.15) is 0 Å². The largest absolute Gasteiger partial charge is 0.435 e. The fourth-order valence-electron chi connectivity index (χ4n) is 3.16. The van der Waals surface area contributed by atoms with Crippen LogP contribution in [0.5, 0.6) is 0 Å². The number of nitrogens with two attached hydrogens (primary N) is 1. The summed E-state index contributed by atoms with van der Waals surface area (Å²) in [5.41, 5.74) is 6.86. The first-order valence-electron chi connectivity index (χ1n) is 7.38. The summed E-state index contributed by atoms with van der Waals surface area (Å²) in [6, 6.07) is 8.58. The van der Waals surface area contributed by atoms with E-state index in [9.17, 15) is 13.2 Å². The van der Waals surface area contributed by atoms with Crippen molar-refractivity contribution >= 4 is 0 Å². The third-order valence-electron chi connectivity index (χ3n) is 4.27. The average molecular weight is 309 g/mol. The summed E-state index contributed by atoms with van der Waals surface area (Å²) in [7, 11) is 0. The molecule has 0 fully saturated rings. The number of aromatic nitrogens is 2. The molecule has 0 amide bonds. The van der Waals surface area contributed by atoms with E-state index in [1.165, 1.54) is 4.68 Å². The molecule has 6 heteroatoms. The van der Waals surface area contributed by atoms with Gasteiger partial charge in [-0.1, -0.05) is 30.3 Å². The Kier molecular flexibility index (Phi) is 3.72. The molecule has 0 spiro atoms. The Bertz CT molecular complexity index is 661. The molecule has 1 aliphatic carbocycles. The van der Waals surface area contributed by atoms with Crippen molar-refractivity contribution in [3.63, 3.8) is 0 Å². The molecular weight excluding hydrogens is 291 g/mol. The highest BCUT2D eigenvalue weighted by Crippen LogP contribution is 2.40. The van der Waals surface area contributed by atoms with Gasteiger partial charge in [-0.15, -0.1) is 0 Å². The van der Waals surface area contributed by atoms with Gasteiger partial charge < -0.3 is 5.73 Å². The highest BCUT2D eigenvalue weighted by Gasteiger charge is 2.42. The zero-order valence-electron chi connectivity index (χ0n) is 12.3. The van der Waals surface area contributed by atoms with Crippen molar-refractivity contribution < 1.29 is 13.2 Å². The van der Waals surface area contributed by atoms with Gasteiger partial charge in [0.05, 0.1) is 6.04 Å². The van der Waals surface area contributed by atoms with Crippen molar-refractivity contribution in [3.05, 3.63) is 52.8 Å². The Hall–Kier alpha value is -1.82. The Morgan fingerprint density at radius 3 is 2.59 bits per heavy atom. The lowest BCUT2D eigenvalue weighted by atomic mass is 9.91. The number of hydrogen-bond donors (Lipinski definition) is 1. The normalized spacial score (nSPS) is 19.8. The minimum absolute atomic E-state index is 0.182. The second-order valence-electron chi connectivity index (χ2n) is 5.74. The highest BCUT2D eigenvalue weighted by molar-refractivity contribution is 5.35. The maximum absolute atomic E-state index is 13.3. The lowest BCUT2D eigenvalue weighted by molar-refractivity contribution is -0.142. The van der Waals surface area contributed by atoms with E-state index in [0.717, 1.165) is 12.0 Å². The average Bonchev–Trinajstić information content (AvgIpc) is 2.88. The summed E-state index contributed by atoms with van der Waals surface area (Å²) < 4.78 is 41.4. The molecule has 3 nitrogen and oxygen atoms in total. The van der Waals surface area contributed by atoms with Crippen LogP contribution in [0, 0.1) is 0 Å². The molecule has 1 heterocycles. The summed E-state index contributed by atoms with van der Waals surface area (Å²) in [5.74, 6) is 0. The maximum atomic E-state index is 13.3. The zero-order chi connectivity index (χ0) is 15.9. The molecular formula is C16H18F3N3. The van der Waals surface area contributed by atoms with Crippen LogP contribution in [-0.4, -0.2) is 9.78 Å². The number of halogens is 3. The first-order valence-corrected chi connectivity index (χ1v) is 7.38. The Balaban J connectivity index is 2.13. The number of alkyl halides is 3. The van der Waals surface area contributed by atoms with Crippen molar-refractivity contribution in [1.82, 2.24) is 9.78 Å². The van der Waals surface area contributed by atoms with Gasteiger partial charge in [-0.05, 0) is 31.7 Å². The van der Waals surface area contributed by atoms with Gasteiger partial charge in [0.15, 0.2) is 5.69 Å². The van der Waals surface area contributed by atoms with E-state index in [1.54, 1.807) is 0 Å². The summed E-state index contributed by atoms with van der Waals surface area (Å²) in [6.07, 6.45) is -2.52. The summed E-state index contributed by atoms with van der Waals surface area (Å²) in [5, 5.41) is 3.90. The van der Waals surface area contributed by atoms with Crippen LogP contribution < -0.4 is 5.73 Å². The van der Waals surface area contributed by atoms with E-state index >= 15 is 0 Å². The van der Waals surface area contributed by atoms with Crippen LogP contribution in [0.25, 0.3) is 0 Å². The van der Waals surface area contributed by atoms with Gasteiger partial charge in [-0.3, -0.25) is 4.68 Å². The van der Waals surface area contributed by atoms with Crippen molar-refractivity contribution in [2.45, 2.75) is 44.4 Å². The molecule has 3 rings (SSSR count). The van der Waals surface area contributed by atoms with Crippen LogP contribution in [-0.2, 0) is 12.6 Å². The van der Waals surface area contributed by atoms with Crippen LogP contribution in [0.3, 0.4) is 0 Å². The van der Waals surface area contributed by atoms with E-state index in [1.807, 2.05) is 37.3 Å². The fraction of sp³-hybridized carbons (Fsp3) is 0.438. The van der Waals surface area contributed by atoms with E-state index in [-0.39, 0.29) is 11.6 Å². The lowest BCUT2D eigenvalue weighted by Crippen LogP contribution is -2.21. The predicted molar refractivity (Wildman–Crippen MR) is 77.4 cm³/mol. The molecule has 2 N–H and O–H groups in total. The molecule has 2 aromatic rings. The van der Waals surface area contributed by atoms with Crippen molar-refractivity contribution in [1.29, 1.82) is 0 Å². The minimum Gasteiger partial charge on any atom is -0.324 e. The highest BCUT2D eigenvalue weighted by atomic mass is 19.4. The van der Waals surface area contributed by atoms with E-state index in [4.69, 9.17) is 5.73 Å². The van der Waals surface area contributed by atoms with Crippen molar-refractivity contribution in [2.24, 2.45) is 5.73 Å². The molecule has 0 aliphatic heterocycles. The molecule has 0 saturated carbocycles. The fourth-order valence-corrected chi connectivity index (χ4v) is 3.16. The number of rotatable bonds is 2. The van der Waals surface area contributed by atoms with Crippen LogP contribution in [0.4, 0.5) is 13.2 Å². The van der Waals surface area contributed by atoms with E-state index in [2.05, 4.69) is 5.10 Å². The second kappa shape index (κ2) is 5.43. The second-order valence-corrected chi connectivity index (χ2v) is 5.74. The predicted octanol–water partition coefficient (Wildman–Crippen LogP) is 3.85. The van der Waals surface area contributed by atoms with Crippen LogP contribution in [0.15, 0.2) is 30.3 Å². The van der Waals surface area contributed by atoms with E-state index in [0.29, 0.717) is 18.5 Å². The Morgan fingerprint density at radius 1 is 1.27 bits per heavy atom. The lowest BCUT2D eigenvalue weighted by Gasteiger charge is -2.23. The van der Waals surface area contributed by atoms with Gasteiger partial charge in [-0.25, -0.2) is 0 Å². The number of nitrogens with zero attached hydrogens (tertiary/aromatic N) is 2. The molecule has 0 radical (unpaired) electrons. The van der Waals surface area contributed by atoms with E-state index < -0.39 is 17.9 Å². The smallest absolute Gasteiger partial charge is 0.324 e. The maximum Gasteiger partial charge on any atom is 0.435 e. The molecule has 0 saturated heterocycles. The van der Waals surface area contributed by atoms with Crippen molar-refractivity contribution in [3.8, 4) is 0 Å². The molecule has 2 atom stereocenters. The molecule has 1 aliphatic rings.